The van der Waals surface area contributed by atoms with Gasteiger partial charge in [-0.05, 0) is 25.3 Å². The molecule has 0 fully saturated rings. The summed E-state index contributed by atoms with van der Waals surface area (Å²) in [6.45, 7) is 4.63. The van der Waals surface area contributed by atoms with Gasteiger partial charge in [-0.2, -0.15) is 0 Å². The number of aryl methyl sites for hydroxylation is 2. The van der Waals surface area contributed by atoms with E-state index in [0.717, 1.165) is 33.5 Å². The van der Waals surface area contributed by atoms with Crippen molar-refractivity contribution in [3.8, 4) is 0 Å². The highest BCUT2D eigenvalue weighted by Gasteiger charge is 2.12. The molecule has 0 saturated heterocycles. The molecular formula is C15H16N2O2. The molecule has 98 valence electrons. The summed E-state index contributed by atoms with van der Waals surface area (Å²) < 4.78 is 7.33. The van der Waals surface area contributed by atoms with Crippen LogP contribution < -0.4 is 0 Å². The van der Waals surface area contributed by atoms with Gasteiger partial charge in [0.1, 0.15) is 5.76 Å². The minimum absolute atomic E-state index is 0.0446. The molecule has 0 radical (unpaired) electrons. The van der Waals surface area contributed by atoms with Crippen LogP contribution in [-0.2, 0) is 13.2 Å². The number of nitrogens with zero attached hydrogens (tertiary/aromatic N) is 2. The molecule has 3 rings (SSSR count). The van der Waals surface area contributed by atoms with Gasteiger partial charge in [-0.3, -0.25) is 0 Å². The molecule has 0 atom stereocenters. The first-order chi connectivity index (χ1) is 9.20. The number of aliphatic hydroxyl groups is 1. The first kappa shape index (κ1) is 12.0. The Kier molecular flexibility index (Phi) is 2.87. The standard InChI is InChI=1S/C15H16N2O2/c1-10-14(11(2)19-16-10)8-17-7-6-12-4-3-5-13(9-18)15(12)17/h3-7,18H,8-9H2,1-2H3. The van der Waals surface area contributed by atoms with E-state index in [0.29, 0.717) is 6.54 Å². The second kappa shape index (κ2) is 4.55. The monoisotopic (exact) mass is 256 g/mol. The van der Waals surface area contributed by atoms with Crippen LogP contribution in [-0.4, -0.2) is 14.8 Å². The summed E-state index contributed by atoms with van der Waals surface area (Å²) in [5.74, 6) is 0.848. The van der Waals surface area contributed by atoms with E-state index in [4.69, 9.17) is 4.52 Å². The van der Waals surface area contributed by atoms with Crippen molar-refractivity contribution in [2.24, 2.45) is 0 Å². The van der Waals surface area contributed by atoms with Crippen LogP contribution in [0.5, 0.6) is 0 Å². The van der Waals surface area contributed by atoms with E-state index in [1.54, 1.807) is 0 Å². The SMILES string of the molecule is Cc1noc(C)c1Cn1ccc2cccc(CO)c21. The normalized spacial score (nSPS) is 11.3. The molecule has 19 heavy (non-hydrogen) atoms. The number of fused-ring (bicyclic) bond motifs is 1. The fourth-order valence-corrected chi connectivity index (χ4v) is 2.50. The lowest BCUT2D eigenvalue weighted by Crippen LogP contribution is -2.02. The third-order valence-electron chi connectivity index (χ3n) is 3.55. The van der Waals surface area contributed by atoms with E-state index in [9.17, 15) is 5.11 Å². The summed E-state index contributed by atoms with van der Waals surface area (Å²) in [5, 5.41) is 14.6. The van der Waals surface area contributed by atoms with Gasteiger partial charge in [0.25, 0.3) is 0 Å². The lowest BCUT2D eigenvalue weighted by Gasteiger charge is -2.08. The minimum Gasteiger partial charge on any atom is -0.392 e. The Bertz CT molecular complexity index is 705. The van der Waals surface area contributed by atoms with E-state index in [2.05, 4.69) is 21.9 Å². The molecule has 2 aromatic heterocycles. The van der Waals surface area contributed by atoms with Crippen LogP contribution in [0.25, 0.3) is 10.9 Å². The van der Waals surface area contributed by atoms with Gasteiger partial charge < -0.3 is 14.2 Å². The molecule has 4 heteroatoms. The van der Waals surface area contributed by atoms with Gasteiger partial charge in [-0.15, -0.1) is 0 Å². The number of para-hydroxylation sites is 1. The third kappa shape index (κ3) is 1.94. The summed E-state index contributed by atoms with van der Waals surface area (Å²) in [5.41, 5.74) is 4.03. The number of hydrogen-bond donors (Lipinski definition) is 1. The van der Waals surface area contributed by atoms with Crippen molar-refractivity contribution in [2.75, 3.05) is 0 Å². The summed E-state index contributed by atoms with van der Waals surface area (Å²) in [7, 11) is 0. The summed E-state index contributed by atoms with van der Waals surface area (Å²) >= 11 is 0. The second-order valence-corrected chi connectivity index (χ2v) is 4.76. The fourth-order valence-electron chi connectivity index (χ4n) is 2.50. The Hall–Kier alpha value is -2.07. The van der Waals surface area contributed by atoms with Crippen molar-refractivity contribution in [3.63, 3.8) is 0 Å². The zero-order valence-electron chi connectivity index (χ0n) is 11.1. The number of aliphatic hydroxyl groups excluding tert-OH is 1. The number of hydrogen-bond acceptors (Lipinski definition) is 3. The maximum absolute atomic E-state index is 9.47. The van der Waals surface area contributed by atoms with Gasteiger partial charge in [-0.25, -0.2) is 0 Å². The molecule has 0 aliphatic carbocycles. The van der Waals surface area contributed by atoms with Crippen molar-refractivity contribution < 1.29 is 9.63 Å². The fraction of sp³-hybridized carbons (Fsp3) is 0.267. The van der Waals surface area contributed by atoms with Gasteiger partial charge in [0.05, 0.1) is 24.4 Å². The number of benzene rings is 1. The van der Waals surface area contributed by atoms with Crippen LogP contribution in [0, 0.1) is 13.8 Å². The van der Waals surface area contributed by atoms with Crippen LogP contribution in [0.3, 0.4) is 0 Å². The average Bonchev–Trinajstić information content (AvgIpc) is 2.97. The van der Waals surface area contributed by atoms with E-state index in [1.807, 2.05) is 32.2 Å². The molecule has 0 amide bonds. The van der Waals surface area contributed by atoms with Gasteiger partial charge in [-0.1, -0.05) is 23.4 Å². The predicted octanol–water partition coefficient (Wildman–Crippen LogP) is 2.79. The van der Waals surface area contributed by atoms with E-state index in [-0.39, 0.29) is 6.61 Å². The summed E-state index contributed by atoms with van der Waals surface area (Å²) in [4.78, 5) is 0. The highest BCUT2D eigenvalue weighted by molar-refractivity contribution is 5.83. The molecule has 0 spiro atoms. The summed E-state index contributed by atoms with van der Waals surface area (Å²) in [6.07, 6.45) is 2.04. The van der Waals surface area contributed by atoms with Gasteiger partial charge in [0, 0.05) is 17.3 Å². The average molecular weight is 256 g/mol. The van der Waals surface area contributed by atoms with Crippen molar-refractivity contribution in [2.45, 2.75) is 27.0 Å². The summed E-state index contributed by atoms with van der Waals surface area (Å²) in [6, 6.07) is 8.03. The molecule has 4 nitrogen and oxygen atoms in total. The highest BCUT2D eigenvalue weighted by Crippen LogP contribution is 2.23. The maximum Gasteiger partial charge on any atom is 0.138 e. The van der Waals surface area contributed by atoms with Crippen LogP contribution in [0.1, 0.15) is 22.6 Å². The smallest absolute Gasteiger partial charge is 0.138 e. The predicted molar refractivity (Wildman–Crippen MR) is 72.9 cm³/mol. The zero-order chi connectivity index (χ0) is 13.4. The van der Waals surface area contributed by atoms with Gasteiger partial charge in [0.15, 0.2) is 0 Å². The third-order valence-corrected chi connectivity index (χ3v) is 3.55. The van der Waals surface area contributed by atoms with Crippen LogP contribution in [0.15, 0.2) is 35.0 Å². The van der Waals surface area contributed by atoms with Crippen molar-refractivity contribution in [1.29, 1.82) is 0 Å². The van der Waals surface area contributed by atoms with E-state index < -0.39 is 0 Å². The number of aromatic nitrogens is 2. The van der Waals surface area contributed by atoms with Crippen molar-refractivity contribution >= 4 is 10.9 Å². The van der Waals surface area contributed by atoms with Crippen LogP contribution in [0.4, 0.5) is 0 Å². The van der Waals surface area contributed by atoms with Gasteiger partial charge >= 0.3 is 0 Å². The lowest BCUT2D eigenvalue weighted by molar-refractivity contribution is 0.283. The first-order valence-electron chi connectivity index (χ1n) is 6.30. The van der Waals surface area contributed by atoms with Crippen LogP contribution in [0.2, 0.25) is 0 Å². The molecule has 2 heterocycles. The highest BCUT2D eigenvalue weighted by atomic mass is 16.5. The van der Waals surface area contributed by atoms with E-state index in [1.165, 1.54) is 0 Å². The zero-order valence-corrected chi connectivity index (χ0v) is 11.1. The Morgan fingerprint density at radius 2 is 2.11 bits per heavy atom. The molecule has 0 bridgehead atoms. The van der Waals surface area contributed by atoms with Gasteiger partial charge in [0.2, 0.25) is 0 Å². The van der Waals surface area contributed by atoms with E-state index >= 15 is 0 Å². The minimum atomic E-state index is 0.0446. The molecule has 0 unspecified atom stereocenters. The first-order valence-corrected chi connectivity index (χ1v) is 6.30. The molecule has 0 saturated carbocycles. The largest absolute Gasteiger partial charge is 0.392 e. The Balaban J connectivity index is 2.11. The topological polar surface area (TPSA) is 51.2 Å². The lowest BCUT2D eigenvalue weighted by atomic mass is 10.1. The molecule has 0 aliphatic heterocycles. The maximum atomic E-state index is 9.47. The number of rotatable bonds is 3. The molecular weight excluding hydrogens is 240 g/mol. The molecule has 3 aromatic rings. The second-order valence-electron chi connectivity index (χ2n) is 4.76. The molecule has 1 aromatic carbocycles. The van der Waals surface area contributed by atoms with Crippen molar-refractivity contribution in [3.05, 3.63) is 53.0 Å². The van der Waals surface area contributed by atoms with Crippen molar-refractivity contribution in [1.82, 2.24) is 9.72 Å². The Morgan fingerprint density at radius 3 is 2.79 bits per heavy atom. The quantitative estimate of drug-likeness (QED) is 0.784. The Labute approximate surface area is 111 Å². The Morgan fingerprint density at radius 1 is 1.26 bits per heavy atom. The molecule has 1 N–H and O–H groups in total. The van der Waals surface area contributed by atoms with Crippen LogP contribution >= 0.6 is 0 Å². The molecule has 0 aliphatic rings.